The maximum atomic E-state index is 9.10. The molecule has 0 amide bonds. The first-order valence-electron chi connectivity index (χ1n) is 7.39. The van der Waals surface area contributed by atoms with Crippen molar-refractivity contribution >= 4 is 5.57 Å². The Kier molecular flexibility index (Phi) is 6.97. The first kappa shape index (κ1) is 17.3. The van der Waals surface area contributed by atoms with Gasteiger partial charge in [-0.1, -0.05) is 43.5 Å². The van der Waals surface area contributed by atoms with Gasteiger partial charge in [-0.15, -0.1) is 0 Å². The SMILES string of the molecule is C=C/C(C)=C\N(C)C(C)Cc1ccccc1C(=C)CCO. The van der Waals surface area contributed by atoms with E-state index in [1.807, 2.05) is 19.1 Å². The number of nitrogens with zero attached hydrogens (tertiary/aromatic N) is 1. The fourth-order valence-electron chi connectivity index (χ4n) is 2.28. The van der Waals surface area contributed by atoms with E-state index in [0.29, 0.717) is 12.5 Å². The summed E-state index contributed by atoms with van der Waals surface area (Å²) in [5.74, 6) is 0. The summed E-state index contributed by atoms with van der Waals surface area (Å²) < 4.78 is 0. The summed E-state index contributed by atoms with van der Waals surface area (Å²) in [5.41, 5.74) is 4.60. The average Bonchev–Trinajstić information content (AvgIpc) is 2.47. The summed E-state index contributed by atoms with van der Waals surface area (Å²) in [6.07, 6.45) is 5.54. The smallest absolute Gasteiger partial charge is 0.0471 e. The molecule has 0 spiro atoms. The molecule has 114 valence electrons. The molecule has 1 unspecified atom stereocenters. The second-order valence-electron chi connectivity index (χ2n) is 5.53. The highest BCUT2D eigenvalue weighted by molar-refractivity contribution is 5.66. The topological polar surface area (TPSA) is 23.5 Å². The molecule has 0 aliphatic heterocycles. The van der Waals surface area contributed by atoms with Crippen LogP contribution in [0.15, 0.2) is 55.3 Å². The van der Waals surface area contributed by atoms with Crippen LogP contribution in [0, 0.1) is 0 Å². The van der Waals surface area contributed by atoms with Gasteiger partial charge in [-0.25, -0.2) is 0 Å². The van der Waals surface area contributed by atoms with Crippen LogP contribution in [0.5, 0.6) is 0 Å². The highest BCUT2D eigenvalue weighted by Crippen LogP contribution is 2.22. The molecule has 2 heteroatoms. The van der Waals surface area contributed by atoms with E-state index in [4.69, 9.17) is 5.11 Å². The third-order valence-electron chi connectivity index (χ3n) is 3.75. The van der Waals surface area contributed by atoms with Crippen molar-refractivity contribution in [3.05, 3.63) is 66.4 Å². The predicted octanol–water partition coefficient (Wildman–Crippen LogP) is 4.03. The molecule has 1 aromatic rings. The molecule has 0 aliphatic rings. The summed E-state index contributed by atoms with van der Waals surface area (Å²) in [4.78, 5) is 2.21. The van der Waals surface area contributed by atoms with Crippen LogP contribution in [0.25, 0.3) is 5.57 Å². The van der Waals surface area contributed by atoms with Crippen molar-refractivity contribution in [1.82, 2.24) is 4.90 Å². The summed E-state index contributed by atoms with van der Waals surface area (Å²) in [6, 6.07) is 8.69. The van der Waals surface area contributed by atoms with E-state index in [1.165, 1.54) is 5.56 Å². The Morgan fingerprint density at radius 3 is 2.67 bits per heavy atom. The summed E-state index contributed by atoms with van der Waals surface area (Å²) in [5, 5.41) is 9.10. The van der Waals surface area contributed by atoms with Gasteiger partial charge in [-0.3, -0.25) is 0 Å². The largest absolute Gasteiger partial charge is 0.396 e. The van der Waals surface area contributed by atoms with Gasteiger partial charge in [0.25, 0.3) is 0 Å². The van der Waals surface area contributed by atoms with Crippen molar-refractivity contribution in [2.24, 2.45) is 0 Å². The van der Waals surface area contributed by atoms with Crippen molar-refractivity contribution in [3.63, 3.8) is 0 Å². The van der Waals surface area contributed by atoms with Gasteiger partial charge < -0.3 is 10.0 Å². The number of allylic oxidation sites excluding steroid dienone is 2. The Bertz CT molecular complexity index is 516. The van der Waals surface area contributed by atoms with Crippen LogP contribution < -0.4 is 0 Å². The van der Waals surface area contributed by atoms with E-state index in [0.717, 1.165) is 23.1 Å². The van der Waals surface area contributed by atoms with Crippen molar-refractivity contribution in [3.8, 4) is 0 Å². The maximum Gasteiger partial charge on any atom is 0.0471 e. The van der Waals surface area contributed by atoms with Crippen molar-refractivity contribution in [2.75, 3.05) is 13.7 Å². The quantitative estimate of drug-likeness (QED) is 0.729. The van der Waals surface area contributed by atoms with E-state index in [1.54, 1.807) is 0 Å². The molecule has 2 nitrogen and oxygen atoms in total. The van der Waals surface area contributed by atoms with Gasteiger partial charge in [-0.2, -0.15) is 0 Å². The molecule has 0 bridgehead atoms. The molecule has 1 N–H and O–H groups in total. The number of aliphatic hydroxyl groups is 1. The standard InChI is InChI=1S/C19H27NO/c1-6-15(2)14-20(5)17(4)13-18-9-7-8-10-19(18)16(3)11-12-21/h6-10,14,17,21H,1,3,11-13H2,2,4-5H3/b15-14-. The van der Waals surface area contributed by atoms with Crippen LogP contribution in [0.3, 0.4) is 0 Å². The summed E-state index contributed by atoms with van der Waals surface area (Å²) in [6.45, 7) is 12.3. The molecule has 0 aliphatic carbocycles. The van der Waals surface area contributed by atoms with Gasteiger partial charge in [0.05, 0.1) is 0 Å². The molecule has 0 fully saturated rings. The number of aliphatic hydroxyl groups excluding tert-OH is 1. The Labute approximate surface area is 129 Å². The Morgan fingerprint density at radius 1 is 1.38 bits per heavy atom. The molecule has 0 radical (unpaired) electrons. The molecule has 0 heterocycles. The van der Waals surface area contributed by atoms with Crippen LogP contribution >= 0.6 is 0 Å². The van der Waals surface area contributed by atoms with E-state index < -0.39 is 0 Å². The van der Waals surface area contributed by atoms with Gasteiger partial charge >= 0.3 is 0 Å². The Balaban J connectivity index is 2.87. The number of hydrogen-bond donors (Lipinski definition) is 1. The lowest BCUT2D eigenvalue weighted by atomic mass is 9.94. The number of rotatable bonds is 8. The van der Waals surface area contributed by atoms with E-state index in [-0.39, 0.29) is 6.61 Å². The van der Waals surface area contributed by atoms with E-state index in [2.05, 4.69) is 56.4 Å². The first-order valence-corrected chi connectivity index (χ1v) is 7.39. The zero-order valence-electron chi connectivity index (χ0n) is 13.5. The normalized spacial score (nSPS) is 12.9. The second-order valence-corrected chi connectivity index (χ2v) is 5.53. The van der Waals surface area contributed by atoms with Crippen molar-refractivity contribution < 1.29 is 5.11 Å². The molecule has 1 rings (SSSR count). The van der Waals surface area contributed by atoms with Crippen LogP contribution in [-0.2, 0) is 6.42 Å². The van der Waals surface area contributed by atoms with Crippen LogP contribution in [-0.4, -0.2) is 29.7 Å². The summed E-state index contributed by atoms with van der Waals surface area (Å²) in [7, 11) is 2.09. The fraction of sp³-hybridized carbons (Fsp3) is 0.368. The highest BCUT2D eigenvalue weighted by Gasteiger charge is 2.11. The minimum atomic E-state index is 0.143. The molecular formula is C19H27NO. The fourth-order valence-corrected chi connectivity index (χ4v) is 2.28. The zero-order valence-corrected chi connectivity index (χ0v) is 13.5. The van der Waals surface area contributed by atoms with Crippen LogP contribution in [0.1, 0.15) is 31.4 Å². The number of hydrogen-bond acceptors (Lipinski definition) is 2. The van der Waals surface area contributed by atoms with E-state index in [9.17, 15) is 0 Å². The lowest BCUT2D eigenvalue weighted by Gasteiger charge is -2.25. The zero-order chi connectivity index (χ0) is 15.8. The van der Waals surface area contributed by atoms with Gasteiger partial charge in [0, 0.05) is 25.9 Å². The lowest BCUT2D eigenvalue weighted by molar-refractivity contribution is 0.305. The van der Waals surface area contributed by atoms with Crippen LogP contribution in [0.4, 0.5) is 0 Å². The molecular weight excluding hydrogens is 258 g/mol. The van der Waals surface area contributed by atoms with Gasteiger partial charge in [0.15, 0.2) is 0 Å². The molecule has 0 aromatic heterocycles. The maximum absolute atomic E-state index is 9.10. The lowest BCUT2D eigenvalue weighted by Crippen LogP contribution is -2.26. The highest BCUT2D eigenvalue weighted by atomic mass is 16.2. The average molecular weight is 285 g/mol. The molecule has 0 saturated heterocycles. The monoisotopic (exact) mass is 285 g/mol. The van der Waals surface area contributed by atoms with Crippen molar-refractivity contribution in [1.29, 1.82) is 0 Å². The Hall–Kier alpha value is -1.80. The third kappa shape index (κ3) is 5.24. The molecule has 21 heavy (non-hydrogen) atoms. The Morgan fingerprint density at radius 2 is 2.05 bits per heavy atom. The second kappa shape index (κ2) is 8.48. The number of benzene rings is 1. The molecule has 1 atom stereocenters. The van der Waals surface area contributed by atoms with Crippen molar-refractivity contribution in [2.45, 2.75) is 32.7 Å². The van der Waals surface area contributed by atoms with E-state index >= 15 is 0 Å². The summed E-state index contributed by atoms with van der Waals surface area (Å²) >= 11 is 0. The van der Waals surface area contributed by atoms with Gasteiger partial charge in [0.1, 0.15) is 0 Å². The molecule has 1 aromatic carbocycles. The minimum absolute atomic E-state index is 0.143. The third-order valence-corrected chi connectivity index (χ3v) is 3.75. The first-order chi connectivity index (χ1) is 9.99. The van der Waals surface area contributed by atoms with Gasteiger partial charge in [-0.05, 0) is 49.0 Å². The van der Waals surface area contributed by atoms with Gasteiger partial charge in [0.2, 0.25) is 0 Å². The number of likely N-dealkylation sites (N-methyl/N-ethyl adjacent to an activating group) is 1. The predicted molar refractivity (Wildman–Crippen MR) is 92.1 cm³/mol. The minimum Gasteiger partial charge on any atom is -0.396 e. The van der Waals surface area contributed by atoms with Crippen LogP contribution in [0.2, 0.25) is 0 Å². The molecule has 0 saturated carbocycles.